The molecule has 188 valence electrons. The number of ketones is 1. The second kappa shape index (κ2) is 9.29. The Morgan fingerprint density at radius 3 is 2.26 bits per heavy atom. The van der Waals surface area contributed by atoms with Gasteiger partial charge < -0.3 is 19.3 Å². The van der Waals surface area contributed by atoms with E-state index in [1.54, 1.807) is 13.8 Å². The van der Waals surface area contributed by atoms with Crippen molar-refractivity contribution in [3.63, 3.8) is 0 Å². The van der Waals surface area contributed by atoms with Crippen LogP contribution in [-0.2, 0) is 33.4 Å². The third-order valence-electron chi connectivity index (χ3n) is 7.78. The lowest BCUT2D eigenvalue weighted by atomic mass is 9.77. The highest BCUT2D eigenvalue weighted by molar-refractivity contribution is 6.02. The SMILES string of the molecule is CC(=O)OC/C1=C/C[C@H]2[C@@H](/C=C(\C)C(=O)[C@@]3(O)C[C@H](C)[C@H](OC(C)=O)[C@@H]3[C@H]1OC(C)=O)C2(C)C. The molecular formula is C26H36O8. The summed E-state index contributed by atoms with van der Waals surface area (Å²) >= 11 is 0. The Labute approximate surface area is 200 Å². The number of Topliss-reactive ketones (excluding diaryl/α,β-unsaturated/α-hetero) is 1. The van der Waals surface area contributed by atoms with Crippen LogP contribution in [-0.4, -0.2) is 53.2 Å². The standard InChI is InChI=1S/C26H36O8/c1-13-10-20-19(25(20,6)7)9-8-18(12-32-15(3)27)23(34-17(5)29)21-22(33-16(4)28)14(2)11-26(21,31)24(13)30/h8,10,14,19-23,31H,9,11-12H2,1-7H3/b13-10+,18-8-/t14-,19-,20+,21+,22-,23-,26+/m0/s1. The summed E-state index contributed by atoms with van der Waals surface area (Å²) in [5.41, 5.74) is -1.08. The van der Waals surface area contributed by atoms with Gasteiger partial charge in [-0.1, -0.05) is 32.9 Å². The zero-order valence-corrected chi connectivity index (χ0v) is 21.0. The van der Waals surface area contributed by atoms with E-state index in [1.807, 2.05) is 12.2 Å². The van der Waals surface area contributed by atoms with Gasteiger partial charge in [-0.25, -0.2) is 0 Å². The summed E-state index contributed by atoms with van der Waals surface area (Å²) < 4.78 is 16.6. The monoisotopic (exact) mass is 476 g/mol. The maximum Gasteiger partial charge on any atom is 0.303 e. The van der Waals surface area contributed by atoms with E-state index in [4.69, 9.17) is 14.2 Å². The predicted molar refractivity (Wildman–Crippen MR) is 122 cm³/mol. The topological polar surface area (TPSA) is 116 Å². The van der Waals surface area contributed by atoms with E-state index in [0.717, 1.165) is 0 Å². The van der Waals surface area contributed by atoms with Crippen LogP contribution < -0.4 is 0 Å². The summed E-state index contributed by atoms with van der Waals surface area (Å²) in [6.45, 7) is 11.3. The lowest BCUT2D eigenvalue weighted by Crippen LogP contribution is -2.53. The van der Waals surface area contributed by atoms with E-state index < -0.39 is 47.4 Å². The molecule has 34 heavy (non-hydrogen) atoms. The first kappa shape index (κ1) is 26.1. The molecule has 3 rings (SSSR count). The molecule has 0 aromatic heterocycles. The quantitative estimate of drug-likeness (QED) is 0.374. The molecule has 0 aromatic carbocycles. The van der Waals surface area contributed by atoms with E-state index >= 15 is 0 Å². The molecule has 1 N–H and O–H groups in total. The zero-order chi connectivity index (χ0) is 25.6. The van der Waals surface area contributed by atoms with Crippen LogP contribution in [0.4, 0.5) is 0 Å². The molecule has 0 aliphatic heterocycles. The highest BCUT2D eigenvalue weighted by atomic mass is 16.6. The minimum atomic E-state index is -1.94. The molecule has 3 aliphatic carbocycles. The Morgan fingerprint density at radius 1 is 1.09 bits per heavy atom. The van der Waals surface area contributed by atoms with Crippen LogP contribution in [0.3, 0.4) is 0 Å². The first-order chi connectivity index (χ1) is 15.7. The van der Waals surface area contributed by atoms with E-state index in [2.05, 4.69) is 13.8 Å². The van der Waals surface area contributed by atoms with Crippen LogP contribution >= 0.6 is 0 Å². The van der Waals surface area contributed by atoms with Crippen LogP contribution in [0.25, 0.3) is 0 Å². The number of aliphatic hydroxyl groups is 1. The van der Waals surface area contributed by atoms with Gasteiger partial charge in [0.15, 0.2) is 5.78 Å². The fourth-order valence-electron chi connectivity index (χ4n) is 5.95. The van der Waals surface area contributed by atoms with Crippen LogP contribution in [0.5, 0.6) is 0 Å². The predicted octanol–water partition coefficient (Wildman–Crippen LogP) is 2.92. The second-order valence-corrected chi connectivity index (χ2v) is 10.7. The Balaban J connectivity index is 2.20. The van der Waals surface area contributed by atoms with E-state index in [9.17, 15) is 24.3 Å². The Kier molecular flexibility index (Phi) is 7.14. The highest BCUT2D eigenvalue weighted by Crippen LogP contribution is 2.62. The van der Waals surface area contributed by atoms with Crippen molar-refractivity contribution in [3.8, 4) is 0 Å². The molecule has 0 radical (unpaired) electrons. The van der Waals surface area contributed by atoms with Crippen LogP contribution in [0.15, 0.2) is 23.3 Å². The third kappa shape index (κ3) is 4.83. The summed E-state index contributed by atoms with van der Waals surface area (Å²) in [6, 6.07) is 0. The van der Waals surface area contributed by atoms with Gasteiger partial charge in [-0.15, -0.1) is 0 Å². The van der Waals surface area contributed by atoms with Gasteiger partial charge in [0, 0.05) is 26.3 Å². The second-order valence-electron chi connectivity index (χ2n) is 10.7. The van der Waals surface area contributed by atoms with E-state index in [1.165, 1.54) is 20.8 Å². The minimum absolute atomic E-state index is 0.0374. The molecule has 0 heterocycles. The molecule has 7 atom stereocenters. The smallest absolute Gasteiger partial charge is 0.303 e. The minimum Gasteiger partial charge on any atom is -0.462 e. The Hall–Kier alpha value is -2.48. The first-order valence-corrected chi connectivity index (χ1v) is 11.8. The van der Waals surface area contributed by atoms with Crippen molar-refractivity contribution in [3.05, 3.63) is 23.3 Å². The summed E-state index contributed by atoms with van der Waals surface area (Å²) in [5, 5.41) is 11.9. The molecular weight excluding hydrogens is 440 g/mol. The highest BCUT2D eigenvalue weighted by Gasteiger charge is 2.62. The fraction of sp³-hybridized carbons (Fsp3) is 0.692. The van der Waals surface area contributed by atoms with Crippen molar-refractivity contribution in [2.24, 2.45) is 29.1 Å². The van der Waals surface area contributed by atoms with Gasteiger partial charge in [0.25, 0.3) is 0 Å². The van der Waals surface area contributed by atoms with Crippen molar-refractivity contribution in [2.75, 3.05) is 6.61 Å². The zero-order valence-electron chi connectivity index (χ0n) is 21.0. The largest absolute Gasteiger partial charge is 0.462 e. The summed E-state index contributed by atoms with van der Waals surface area (Å²) in [7, 11) is 0. The average Bonchev–Trinajstić information content (AvgIpc) is 3.11. The number of rotatable bonds is 4. The summed E-state index contributed by atoms with van der Waals surface area (Å²) in [5.74, 6) is -3.24. The van der Waals surface area contributed by atoms with Gasteiger partial charge in [0.2, 0.25) is 0 Å². The van der Waals surface area contributed by atoms with Crippen LogP contribution in [0.1, 0.15) is 61.3 Å². The molecule has 0 aromatic rings. The lowest BCUT2D eigenvalue weighted by molar-refractivity contribution is -0.169. The van der Waals surface area contributed by atoms with E-state index in [-0.39, 0.29) is 36.2 Å². The number of esters is 3. The maximum atomic E-state index is 13.7. The Bertz CT molecular complexity index is 944. The van der Waals surface area contributed by atoms with Crippen LogP contribution in [0.2, 0.25) is 0 Å². The maximum absolute atomic E-state index is 13.7. The molecule has 3 aliphatic rings. The van der Waals surface area contributed by atoms with Gasteiger partial charge in [0.1, 0.15) is 24.4 Å². The number of hydrogen-bond acceptors (Lipinski definition) is 8. The Morgan fingerprint density at radius 2 is 1.71 bits per heavy atom. The number of carbonyl (C=O) groups is 4. The normalized spacial score (nSPS) is 39.7. The van der Waals surface area contributed by atoms with Crippen molar-refractivity contribution in [2.45, 2.75) is 79.1 Å². The molecule has 2 saturated carbocycles. The van der Waals surface area contributed by atoms with E-state index in [0.29, 0.717) is 17.6 Å². The molecule has 0 unspecified atom stereocenters. The number of hydrogen-bond donors (Lipinski definition) is 1. The molecule has 2 fully saturated rings. The van der Waals surface area contributed by atoms with Crippen molar-refractivity contribution in [1.82, 2.24) is 0 Å². The average molecular weight is 477 g/mol. The van der Waals surface area contributed by atoms with Gasteiger partial charge in [-0.05, 0) is 48.5 Å². The van der Waals surface area contributed by atoms with Gasteiger partial charge in [-0.3, -0.25) is 19.2 Å². The van der Waals surface area contributed by atoms with Crippen molar-refractivity contribution >= 4 is 23.7 Å². The summed E-state index contributed by atoms with van der Waals surface area (Å²) in [4.78, 5) is 49.5. The molecule has 0 amide bonds. The van der Waals surface area contributed by atoms with Crippen molar-refractivity contribution < 1.29 is 38.5 Å². The van der Waals surface area contributed by atoms with Gasteiger partial charge >= 0.3 is 17.9 Å². The van der Waals surface area contributed by atoms with Gasteiger partial charge in [0.05, 0.1) is 5.92 Å². The molecule has 0 bridgehead atoms. The fourth-order valence-corrected chi connectivity index (χ4v) is 5.95. The van der Waals surface area contributed by atoms with Gasteiger partial charge in [-0.2, -0.15) is 0 Å². The number of ether oxygens (including phenoxy) is 3. The molecule has 8 heteroatoms. The number of fused-ring (bicyclic) bond motifs is 2. The number of carbonyl (C=O) groups excluding carboxylic acids is 4. The summed E-state index contributed by atoms with van der Waals surface area (Å²) in [6.07, 6.45) is 2.47. The molecule has 0 saturated heterocycles. The lowest BCUT2D eigenvalue weighted by Gasteiger charge is -2.37. The molecule has 0 spiro atoms. The van der Waals surface area contributed by atoms with Crippen LogP contribution in [0, 0.1) is 29.1 Å². The third-order valence-corrected chi connectivity index (χ3v) is 7.78. The number of allylic oxidation sites excluding steroid dienone is 2. The van der Waals surface area contributed by atoms with Crippen molar-refractivity contribution in [1.29, 1.82) is 0 Å². The first-order valence-electron chi connectivity index (χ1n) is 11.8. The molecule has 8 nitrogen and oxygen atoms in total.